The van der Waals surface area contributed by atoms with Crippen molar-refractivity contribution >= 4 is 50.1 Å². The zero-order chi connectivity index (χ0) is 27.2. The van der Waals surface area contributed by atoms with Crippen LogP contribution < -0.4 is 21.1 Å². The Hall–Kier alpha value is -3.81. The van der Waals surface area contributed by atoms with Gasteiger partial charge in [0.1, 0.15) is 12.4 Å². The summed E-state index contributed by atoms with van der Waals surface area (Å²) in [6.45, 7) is -0.382. The Morgan fingerprint density at radius 2 is 1.84 bits per heavy atom. The molecule has 0 unspecified atom stereocenters. The Kier molecular flexibility index (Phi) is 8.97. The molecule has 1 aromatic heterocycles. The maximum atomic E-state index is 12.7. The van der Waals surface area contributed by atoms with E-state index in [4.69, 9.17) is 16.6 Å². The molecule has 13 heteroatoms. The Balaban J connectivity index is 0.000000262. The lowest BCUT2D eigenvalue weighted by molar-refractivity contribution is -0.135. The average Bonchev–Trinajstić information content (AvgIpc) is 3.50. The fourth-order valence-electron chi connectivity index (χ4n) is 3.70. The molecule has 6 N–H and O–H groups in total. The summed E-state index contributed by atoms with van der Waals surface area (Å²) in [5.74, 6) is -2.09. The molecule has 196 valence electrons. The maximum absolute atomic E-state index is 12.7. The number of hydrogen-bond acceptors (Lipinski definition) is 8. The molecule has 0 bridgehead atoms. The molecule has 1 aliphatic carbocycles. The van der Waals surface area contributed by atoms with Gasteiger partial charge in [-0.2, -0.15) is 0 Å². The van der Waals surface area contributed by atoms with Crippen LogP contribution in [0.4, 0.5) is 10.9 Å². The Bertz CT molecular complexity index is 1420. The molecule has 0 saturated heterocycles. The van der Waals surface area contributed by atoms with Crippen LogP contribution in [0.25, 0.3) is 0 Å². The van der Waals surface area contributed by atoms with E-state index < -0.39 is 28.4 Å². The van der Waals surface area contributed by atoms with Crippen molar-refractivity contribution in [3.05, 3.63) is 75.7 Å². The van der Waals surface area contributed by atoms with Gasteiger partial charge in [-0.3, -0.25) is 24.0 Å². The summed E-state index contributed by atoms with van der Waals surface area (Å²) < 4.78 is 24.7. The van der Waals surface area contributed by atoms with Gasteiger partial charge in [-0.25, -0.2) is 13.4 Å². The number of carboxylic acids is 1. The monoisotopic (exact) mass is 545 g/mol. The number of aryl methyl sites for hydroxylation is 2. The van der Waals surface area contributed by atoms with Gasteiger partial charge in [0.15, 0.2) is 5.13 Å². The summed E-state index contributed by atoms with van der Waals surface area (Å²) >= 11 is 0.944. The highest BCUT2D eigenvalue weighted by atomic mass is 32.2. The normalized spacial score (nSPS) is 12.2. The van der Waals surface area contributed by atoms with Crippen LogP contribution in [0.1, 0.15) is 43.8 Å². The van der Waals surface area contributed by atoms with Crippen molar-refractivity contribution < 1.29 is 27.9 Å². The van der Waals surface area contributed by atoms with Crippen LogP contribution >= 0.6 is 11.3 Å². The molecule has 1 aliphatic rings. The highest BCUT2D eigenvalue weighted by molar-refractivity contribution is 7.92. The van der Waals surface area contributed by atoms with Gasteiger partial charge in [-0.15, -0.1) is 11.3 Å². The molecule has 0 spiro atoms. The first-order valence-electron chi connectivity index (χ1n) is 11.1. The molecule has 0 radical (unpaired) electrons. The smallest absolute Gasteiger partial charge is 0.323 e. The van der Waals surface area contributed by atoms with Crippen molar-refractivity contribution in [1.29, 1.82) is 0 Å². The van der Waals surface area contributed by atoms with Crippen LogP contribution in [0.3, 0.4) is 0 Å². The van der Waals surface area contributed by atoms with E-state index in [1.165, 1.54) is 22.9 Å². The van der Waals surface area contributed by atoms with Gasteiger partial charge in [0.05, 0.1) is 6.26 Å². The van der Waals surface area contributed by atoms with Crippen molar-refractivity contribution in [3.8, 4) is 0 Å². The van der Waals surface area contributed by atoms with Gasteiger partial charge in [0, 0.05) is 23.1 Å². The fourth-order valence-corrected chi connectivity index (χ4v) is 5.25. The number of fused-ring (bicyclic) bond motifs is 1. The van der Waals surface area contributed by atoms with E-state index in [1.807, 2.05) is 18.2 Å². The number of carbonyl (C=O) groups is 3. The fraction of sp³-hybridized carbons (Fsp3) is 0.250. The second kappa shape index (κ2) is 12.0. The molecular formula is C24H27N5O6S2. The van der Waals surface area contributed by atoms with Gasteiger partial charge in [-0.05, 0) is 60.2 Å². The van der Waals surface area contributed by atoms with Crippen molar-refractivity contribution in [2.75, 3.05) is 22.4 Å². The third-order valence-electron chi connectivity index (χ3n) is 5.37. The first-order chi connectivity index (χ1) is 17.5. The lowest BCUT2D eigenvalue weighted by Crippen LogP contribution is -2.36. The summed E-state index contributed by atoms with van der Waals surface area (Å²) in [6.07, 6.45) is 4.41. The minimum absolute atomic E-state index is 0.0383. The van der Waals surface area contributed by atoms with Crippen molar-refractivity contribution in [2.45, 2.75) is 25.8 Å². The van der Waals surface area contributed by atoms with E-state index in [2.05, 4.69) is 9.71 Å². The van der Waals surface area contributed by atoms with Crippen LogP contribution in [-0.4, -0.2) is 49.1 Å². The molecule has 1 heterocycles. The number of hydrogen-bond donors (Lipinski definition) is 4. The Labute approximate surface area is 218 Å². The topological polar surface area (TPSA) is 186 Å². The second-order valence-corrected chi connectivity index (χ2v) is 10.9. The molecule has 11 nitrogen and oxygen atoms in total. The molecule has 3 aromatic rings. The van der Waals surface area contributed by atoms with Gasteiger partial charge >= 0.3 is 5.97 Å². The van der Waals surface area contributed by atoms with Crippen molar-refractivity contribution in [3.63, 3.8) is 0 Å². The van der Waals surface area contributed by atoms with Crippen LogP contribution in [0.15, 0.2) is 47.8 Å². The quantitative estimate of drug-likeness (QED) is 0.331. The van der Waals surface area contributed by atoms with E-state index in [0.717, 1.165) is 40.9 Å². The van der Waals surface area contributed by atoms with Crippen LogP contribution in [0.2, 0.25) is 0 Å². The number of amides is 2. The summed E-state index contributed by atoms with van der Waals surface area (Å²) in [4.78, 5) is 39.6. The Morgan fingerprint density at radius 1 is 1.11 bits per heavy atom. The van der Waals surface area contributed by atoms with Gasteiger partial charge in [0.25, 0.3) is 5.91 Å². The highest BCUT2D eigenvalue weighted by Crippen LogP contribution is 2.25. The van der Waals surface area contributed by atoms with E-state index in [1.54, 1.807) is 24.3 Å². The maximum Gasteiger partial charge on any atom is 0.323 e. The summed E-state index contributed by atoms with van der Waals surface area (Å²) in [5, 5.41) is 10.5. The summed E-state index contributed by atoms with van der Waals surface area (Å²) in [6, 6.07) is 12.2. The number of aromatic nitrogens is 1. The summed E-state index contributed by atoms with van der Waals surface area (Å²) in [7, 11) is -3.53. The number of nitrogens with one attached hydrogen (secondary N) is 1. The van der Waals surface area contributed by atoms with Crippen LogP contribution in [0, 0.1) is 0 Å². The van der Waals surface area contributed by atoms with Gasteiger partial charge in [0.2, 0.25) is 15.9 Å². The van der Waals surface area contributed by atoms with Crippen LogP contribution in [0.5, 0.6) is 0 Å². The minimum atomic E-state index is -3.53. The number of nitrogens with two attached hydrogens (primary N) is 2. The molecule has 37 heavy (non-hydrogen) atoms. The molecule has 2 amide bonds. The number of anilines is 2. The number of benzene rings is 2. The SMILES string of the molecule is CS(=O)(=O)Nc1nc(N(CC(=O)O)C(=O)c2cccc(CN)c2)cs1.NC(=O)c1ccc2c(c1)CCC2. The number of carbonyl (C=O) groups excluding carboxylic acids is 2. The summed E-state index contributed by atoms with van der Waals surface area (Å²) in [5.41, 5.74) is 15.0. The van der Waals surface area contributed by atoms with E-state index >= 15 is 0 Å². The number of sulfonamides is 1. The molecular weight excluding hydrogens is 518 g/mol. The van der Waals surface area contributed by atoms with Crippen LogP contribution in [-0.2, 0) is 34.2 Å². The minimum Gasteiger partial charge on any atom is -0.480 e. The molecule has 0 atom stereocenters. The number of thiazole rings is 1. The Morgan fingerprint density at radius 3 is 2.49 bits per heavy atom. The highest BCUT2D eigenvalue weighted by Gasteiger charge is 2.23. The molecule has 4 rings (SSSR count). The second-order valence-electron chi connectivity index (χ2n) is 8.28. The average molecular weight is 546 g/mol. The molecule has 0 saturated carbocycles. The predicted octanol–water partition coefficient (Wildman–Crippen LogP) is 1.98. The van der Waals surface area contributed by atoms with E-state index in [-0.39, 0.29) is 29.0 Å². The zero-order valence-electron chi connectivity index (χ0n) is 20.0. The first kappa shape index (κ1) is 27.8. The molecule has 0 fully saturated rings. The van der Waals surface area contributed by atoms with E-state index in [9.17, 15) is 22.8 Å². The lowest BCUT2D eigenvalue weighted by atomic mass is 10.1. The van der Waals surface area contributed by atoms with Gasteiger partial charge in [-0.1, -0.05) is 18.2 Å². The third kappa shape index (κ3) is 7.84. The first-order valence-corrected chi connectivity index (χ1v) is 13.9. The molecule has 2 aromatic carbocycles. The van der Waals surface area contributed by atoms with Crippen molar-refractivity contribution in [1.82, 2.24) is 4.98 Å². The zero-order valence-corrected chi connectivity index (χ0v) is 21.6. The van der Waals surface area contributed by atoms with Gasteiger partial charge < -0.3 is 16.6 Å². The lowest BCUT2D eigenvalue weighted by Gasteiger charge is -2.18. The predicted molar refractivity (Wildman–Crippen MR) is 141 cm³/mol. The number of primary amides is 1. The van der Waals surface area contributed by atoms with E-state index in [0.29, 0.717) is 5.56 Å². The number of rotatable bonds is 8. The number of aliphatic carboxylic acids is 1. The van der Waals surface area contributed by atoms with Crippen molar-refractivity contribution in [2.24, 2.45) is 11.5 Å². The number of carboxylic acid groups (broad SMARTS) is 1. The molecule has 0 aliphatic heterocycles. The standard InChI is InChI=1S/C14H16N4O5S2.C10H11NO/c1-25(22,23)17-14-16-11(8-24-14)18(7-12(19)20)13(21)10-4-2-3-9(5-10)6-15;11-10(12)9-5-4-7-2-1-3-8(7)6-9/h2-5,8H,6-7,15H2,1H3,(H,16,17)(H,19,20);4-6H,1-3H2,(H2,11,12). The third-order valence-corrected chi connectivity index (χ3v) is 6.81. The largest absolute Gasteiger partial charge is 0.480 e. The number of nitrogens with zero attached hydrogens (tertiary/aromatic N) is 2.